The fourth-order valence-corrected chi connectivity index (χ4v) is 1.75. The zero-order valence-electron chi connectivity index (χ0n) is 11.3. The average molecular weight is 291 g/mol. The molecule has 2 aromatic rings. The number of carbonyl (C=O) groups is 1. The van der Waals surface area contributed by atoms with E-state index in [1.807, 2.05) is 30.3 Å². The van der Waals surface area contributed by atoms with Gasteiger partial charge in [0.25, 0.3) is 0 Å². The number of para-hydroxylation sites is 1. The highest BCUT2D eigenvalue weighted by Crippen LogP contribution is 2.15. The van der Waals surface area contributed by atoms with Gasteiger partial charge in [0.2, 0.25) is 5.91 Å². The van der Waals surface area contributed by atoms with Crippen molar-refractivity contribution in [3.63, 3.8) is 0 Å². The predicted molar refractivity (Wildman–Crippen MR) is 76.2 cm³/mol. The van der Waals surface area contributed by atoms with E-state index < -0.39 is 11.6 Å². The molecule has 0 spiro atoms. The Balaban J connectivity index is 1.74. The van der Waals surface area contributed by atoms with Crippen molar-refractivity contribution in [3.8, 4) is 5.75 Å². The van der Waals surface area contributed by atoms with E-state index in [1.165, 1.54) is 0 Å². The second-order valence-corrected chi connectivity index (χ2v) is 4.44. The fourth-order valence-electron chi connectivity index (χ4n) is 1.75. The van der Waals surface area contributed by atoms with Gasteiger partial charge in [0, 0.05) is 12.5 Å². The van der Waals surface area contributed by atoms with Crippen molar-refractivity contribution >= 4 is 11.6 Å². The Morgan fingerprint density at radius 1 is 1.10 bits per heavy atom. The standard InChI is InChI=1S/C16H15F2NO2/c17-12-8-9-14(18)15(11-12)19-16(20)7-4-10-21-13-5-2-1-3-6-13/h1-3,5-6,8-9,11H,4,7,10H2,(H,19,20). The Labute approximate surface area is 121 Å². The van der Waals surface area contributed by atoms with Crippen molar-refractivity contribution in [3.05, 3.63) is 60.2 Å². The Hall–Kier alpha value is -2.43. The zero-order chi connectivity index (χ0) is 15.1. The van der Waals surface area contributed by atoms with Crippen LogP contribution >= 0.6 is 0 Å². The summed E-state index contributed by atoms with van der Waals surface area (Å²) >= 11 is 0. The lowest BCUT2D eigenvalue weighted by atomic mass is 10.2. The molecule has 0 aliphatic heterocycles. The van der Waals surface area contributed by atoms with Gasteiger partial charge in [-0.2, -0.15) is 0 Å². The lowest BCUT2D eigenvalue weighted by Gasteiger charge is -2.07. The number of carbonyl (C=O) groups excluding carboxylic acids is 1. The smallest absolute Gasteiger partial charge is 0.224 e. The molecule has 2 aromatic carbocycles. The van der Waals surface area contributed by atoms with Gasteiger partial charge in [-0.1, -0.05) is 18.2 Å². The summed E-state index contributed by atoms with van der Waals surface area (Å²) in [6.07, 6.45) is 0.653. The van der Waals surface area contributed by atoms with Gasteiger partial charge in [-0.05, 0) is 30.7 Å². The van der Waals surface area contributed by atoms with Crippen molar-refractivity contribution in [2.75, 3.05) is 11.9 Å². The first-order valence-electron chi connectivity index (χ1n) is 6.58. The number of hydrogen-bond donors (Lipinski definition) is 1. The first kappa shape index (κ1) is 15.0. The van der Waals surface area contributed by atoms with Crippen LogP contribution in [0.25, 0.3) is 0 Å². The molecule has 0 radical (unpaired) electrons. The van der Waals surface area contributed by atoms with Crippen LogP contribution in [0.3, 0.4) is 0 Å². The Kier molecular flexibility index (Phi) is 5.26. The summed E-state index contributed by atoms with van der Waals surface area (Å²) in [5, 5.41) is 2.34. The van der Waals surface area contributed by atoms with E-state index in [2.05, 4.69) is 5.32 Å². The van der Waals surface area contributed by atoms with E-state index in [1.54, 1.807) is 0 Å². The van der Waals surface area contributed by atoms with E-state index in [0.717, 1.165) is 23.9 Å². The molecule has 0 aliphatic rings. The molecule has 0 unspecified atom stereocenters. The first-order valence-corrected chi connectivity index (χ1v) is 6.58. The van der Waals surface area contributed by atoms with Crippen molar-refractivity contribution < 1.29 is 18.3 Å². The van der Waals surface area contributed by atoms with Crippen molar-refractivity contribution in [2.24, 2.45) is 0 Å². The van der Waals surface area contributed by atoms with Crippen molar-refractivity contribution in [1.29, 1.82) is 0 Å². The monoisotopic (exact) mass is 291 g/mol. The molecule has 1 N–H and O–H groups in total. The van der Waals surface area contributed by atoms with Crippen LogP contribution in [-0.4, -0.2) is 12.5 Å². The van der Waals surface area contributed by atoms with Crippen LogP contribution in [-0.2, 0) is 4.79 Å². The van der Waals surface area contributed by atoms with Crippen molar-refractivity contribution in [2.45, 2.75) is 12.8 Å². The minimum atomic E-state index is -0.662. The number of hydrogen-bond acceptors (Lipinski definition) is 2. The highest BCUT2D eigenvalue weighted by atomic mass is 19.1. The minimum Gasteiger partial charge on any atom is -0.494 e. The molecule has 0 aliphatic carbocycles. The number of nitrogens with one attached hydrogen (secondary N) is 1. The summed E-state index contributed by atoms with van der Waals surface area (Å²) in [6.45, 7) is 0.378. The maximum absolute atomic E-state index is 13.3. The van der Waals surface area contributed by atoms with Gasteiger partial charge in [-0.25, -0.2) is 8.78 Å². The average Bonchev–Trinajstić information content (AvgIpc) is 2.48. The quantitative estimate of drug-likeness (QED) is 0.823. The largest absolute Gasteiger partial charge is 0.494 e. The second kappa shape index (κ2) is 7.38. The molecule has 0 atom stereocenters. The Morgan fingerprint density at radius 3 is 2.62 bits per heavy atom. The maximum atomic E-state index is 13.3. The molecule has 3 nitrogen and oxygen atoms in total. The van der Waals surface area contributed by atoms with E-state index in [0.29, 0.717) is 13.0 Å². The molecular weight excluding hydrogens is 276 g/mol. The van der Waals surface area contributed by atoms with Crippen LogP contribution in [0.15, 0.2) is 48.5 Å². The SMILES string of the molecule is O=C(CCCOc1ccccc1)Nc1cc(F)ccc1F. The zero-order valence-corrected chi connectivity index (χ0v) is 11.3. The van der Waals surface area contributed by atoms with Crippen LogP contribution in [0, 0.1) is 11.6 Å². The van der Waals surface area contributed by atoms with Gasteiger partial charge in [0.15, 0.2) is 0 Å². The molecule has 0 saturated heterocycles. The van der Waals surface area contributed by atoms with E-state index in [4.69, 9.17) is 4.74 Å². The number of anilines is 1. The fraction of sp³-hybridized carbons (Fsp3) is 0.188. The summed E-state index contributed by atoms with van der Waals surface area (Å²) in [7, 11) is 0. The van der Waals surface area contributed by atoms with Gasteiger partial charge in [0.1, 0.15) is 17.4 Å². The molecule has 0 fully saturated rings. The summed E-state index contributed by atoms with van der Waals surface area (Å²) in [5.74, 6) is -0.908. The Morgan fingerprint density at radius 2 is 1.86 bits per heavy atom. The van der Waals surface area contributed by atoms with Gasteiger partial charge >= 0.3 is 0 Å². The predicted octanol–water partition coefficient (Wildman–Crippen LogP) is 3.76. The third kappa shape index (κ3) is 4.87. The van der Waals surface area contributed by atoms with E-state index in [9.17, 15) is 13.6 Å². The molecule has 5 heteroatoms. The third-order valence-corrected chi connectivity index (χ3v) is 2.76. The number of amides is 1. The molecule has 2 rings (SSSR count). The molecule has 110 valence electrons. The molecule has 0 heterocycles. The molecule has 1 amide bonds. The number of rotatable bonds is 6. The van der Waals surface area contributed by atoms with E-state index >= 15 is 0 Å². The van der Waals surface area contributed by atoms with Gasteiger partial charge < -0.3 is 10.1 Å². The molecular formula is C16H15F2NO2. The van der Waals surface area contributed by atoms with Crippen molar-refractivity contribution in [1.82, 2.24) is 0 Å². The van der Waals surface area contributed by atoms with Gasteiger partial charge in [-0.3, -0.25) is 4.79 Å². The number of halogens is 2. The highest BCUT2D eigenvalue weighted by molar-refractivity contribution is 5.90. The lowest BCUT2D eigenvalue weighted by molar-refractivity contribution is -0.116. The lowest BCUT2D eigenvalue weighted by Crippen LogP contribution is -2.14. The Bertz CT molecular complexity index is 602. The summed E-state index contributed by atoms with van der Waals surface area (Å²) in [4.78, 5) is 11.6. The summed E-state index contributed by atoms with van der Waals surface area (Å²) in [6, 6.07) is 12.2. The molecule has 0 saturated carbocycles. The van der Waals surface area contributed by atoms with Crippen LogP contribution in [0.2, 0.25) is 0 Å². The van der Waals surface area contributed by atoms with Crippen LogP contribution in [0.1, 0.15) is 12.8 Å². The summed E-state index contributed by atoms with van der Waals surface area (Å²) in [5.41, 5.74) is -0.149. The normalized spacial score (nSPS) is 10.2. The van der Waals surface area contributed by atoms with Crippen LogP contribution < -0.4 is 10.1 Å². The number of ether oxygens (including phenoxy) is 1. The van der Waals surface area contributed by atoms with Crippen LogP contribution in [0.4, 0.5) is 14.5 Å². The topological polar surface area (TPSA) is 38.3 Å². The number of benzene rings is 2. The maximum Gasteiger partial charge on any atom is 0.224 e. The van der Waals surface area contributed by atoms with Gasteiger partial charge in [0.05, 0.1) is 12.3 Å². The summed E-state index contributed by atoms with van der Waals surface area (Å²) < 4.78 is 31.7. The molecule has 0 bridgehead atoms. The first-order chi connectivity index (χ1) is 10.1. The molecule has 0 aromatic heterocycles. The minimum absolute atomic E-state index is 0.149. The van der Waals surface area contributed by atoms with E-state index in [-0.39, 0.29) is 18.0 Å². The third-order valence-electron chi connectivity index (χ3n) is 2.76. The van der Waals surface area contributed by atoms with Gasteiger partial charge in [-0.15, -0.1) is 0 Å². The highest BCUT2D eigenvalue weighted by Gasteiger charge is 2.08. The van der Waals surface area contributed by atoms with Crippen LogP contribution in [0.5, 0.6) is 5.75 Å². The second-order valence-electron chi connectivity index (χ2n) is 4.44. The molecule has 21 heavy (non-hydrogen) atoms.